The van der Waals surface area contributed by atoms with Gasteiger partial charge < -0.3 is 14.4 Å². The van der Waals surface area contributed by atoms with Crippen LogP contribution in [0.4, 0.5) is 5.69 Å². The lowest BCUT2D eigenvalue weighted by atomic mass is 10.1. The van der Waals surface area contributed by atoms with Crippen molar-refractivity contribution >= 4 is 35.1 Å². The van der Waals surface area contributed by atoms with Crippen molar-refractivity contribution in [2.45, 2.75) is 18.2 Å². The summed E-state index contributed by atoms with van der Waals surface area (Å²) in [6.07, 6.45) is 2.05. The maximum Gasteiger partial charge on any atom is 0.311 e. The van der Waals surface area contributed by atoms with Gasteiger partial charge in [-0.25, -0.2) is 0 Å². The third kappa shape index (κ3) is 5.17. The van der Waals surface area contributed by atoms with Crippen LogP contribution < -0.4 is 9.64 Å². The molecule has 1 atom stereocenters. The van der Waals surface area contributed by atoms with Crippen molar-refractivity contribution in [3.63, 3.8) is 0 Å². The number of rotatable bonds is 8. The summed E-state index contributed by atoms with van der Waals surface area (Å²) in [5, 5.41) is 0. The molecule has 0 bridgehead atoms. The van der Waals surface area contributed by atoms with Gasteiger partial charge in [-0.2, -0.15) is 0 Å². The lowest BCUT2D eigenvalue weighted by molar-refractivity contribution is -0.147. The van der Waals surface area contributed by atoms with E-state index in [0.717, 1.165) is 10.6 Å². The Morgan fingerprint density at radius 3 is 2.62 bits per heavy atom. The maximum absolute atomic E-state index is 12.4. The SMILES string of the molecule is CCOc1ccc(C(=O)COC(=O)[C@H]2CC(=O)N(c3cccc(SC)c3)C2)cc1. The number of anilines is 1. The van der Waals surface area contributed by atoms with Crippen molar-refractivity contribution in [1.82, 2.24) is 0 Å². The van der Waals surface area contributed by atoms with Gasteiger partial charge in [-0.05, 0) is 55.6 Å². The predicted molar refractivity (Wildman–Crippen MR) is 112 cm³/mol. The molecule has 1 fully saturated rings. The molecular formula is C22H23NO5S. The highest BCUT2D eigenvalue weighted by Crippen LogP contribution is 2.28. The van der Waals surface area contributed by atoms with Crippen LogP contribution in [0, 0.1) is 5.92 Å². The fourth-order valence-corrected chi connectivity index (χ4v) is 3.59. The van der Waals surface area contributed by atoms with Crippen LogP contribution in [0.1, 0.15) is 23.7 Å². The van der Waals surface area contributed by atoms with Crippen molar-refractivity contribution in [3.05, 3.63) is 54.1 Å². The first-order chi connectivity index (χ1) is 14.0. The monoisotopic (exact) mass is 413 g/mol. The van der Waals surface area contributed by atoms with E-state index in [4.69, 9.17) is 9.47 Å². The minimum Gasteiger partial charge on any atom is -0.494 e. The number of nitrogens with zero attached hydrogens (tertiary/aromatic N) is 1. The summed E-state index contributed by atoms with van der Waals surface area (Å²) in [4.78, 5) is 39.7. The molecule has 1 aliphatic rings. The topological polar surface area (TPSA) is 72.9 Å². The van der Waals surface area contributed by atoms with Crippen LogP contribution in [-0.4, -0.2) is 43.7 Å². The average molecular weight is 413 g/mol. The van der Waals surface area contributed by atoms with E-state index in [2.05, 4.69) is 0 Å². The van der Waals surface area contributed by atoms with Crippen molar-refractivity contribution in [1.29, 1.82) is 0 Å². The number of Topliss-reactive ketones (excluding diaryl/α,β-unsaturated/α-hetero) is 1. The second-order valence-electron chi connectivity index (χ2n) is 6.60. The molecule has 2 aromatic carbocycles. The molecular weight excluding hydrogens is 390 g/mol. The normalized spacial score (nSPS) is 16.0. The fourth-order valence-electron chi connectivity index (χ4n) is 3.13. The largest absolute Gasteiger partial charge is 0.494 e. The van der Waals surface area contributed by atoms with Crippen LogP contribution in [0.3, 0.4) is 0 Å². The first-order valence-electron chi connectivity index (χ1n) is 9.39. The second-order valence-corrected chi connectivity index (χ2v) is 7.47. The lowest BCUT2D eigenvalue weighted by Crippen LogP contribution is -2.27. The Morgan fingerprint density at radius 1 is 1.17 bits per heavy atom. The summed E-state index contributed by atoms with van der Waals surface area (Å²) in [7, 11) is 0. The highest BCUT2D eigenvalue weighted by molar-refractivity contribution is 7.98. The Balaban J connectivity index is 1.55. The lowest BCUT2D eigenvalue weighted by Gasteiger charge is -2.17. The molecule has 1 aliphatic heterocycles. The van der Waals surface area contributed by atoms with Crippen LogP contribution in [0.5, 0.6) is 5.75 Å². The molecule has 2 aromatic rings. The number of benzene rings is 2. The summed E-state index contributed by atoms with van der Waals surface area (Å²) in [6.45, 7) is 2.34. The average Bonchev–Trinajstić information content (AvgIpc) is 3.14. The van der Waals surface area contributed by atoms with E-state index in [9.17, 15) is 14.4 Å². The Kier molecular flexibility index (Phi) is 6.93. The molecule has 0 N–H and O–H groups in total. The number of esters is 1. The van der Waals surface area contributed by atoms with Gasteiger partial charge in [0, 0.05) is 29.1 Å². The Bertz CT molecular complexity index is 896. The smallest absolute Gasteiger partial charge is 0.311 e. The molecule has 1 amide bonds. The number of hydrogen-bond donors (Lipinski definition) is 0. The van der Waals surface area contributed by atoms with Crippen molar-refractivity contribution in [3.8, 4) is 5.75 Å². The zero-order valence-corrected chi connectivity index (χ0v) is 17.2. The summed E-state index contributed by atoms with van der Waals surface area (Å²) in [5.41, 5.74) is 1.21. The summed E-state index contributed by atoms with van der Waals surface area (Å²) >= 11 is 1.59. The summed E-state index contributed by atoms with van der Waals surface area (Å²) in [5.74, 6) is -0.843. The van der Waals surface area contributed by atoms with E-state index in [0.29, 0.717) is 17.9 Å². The first-order valence-corrected chi connectivity index (χ1v) is 10.6. The van der Waals surface area contributed by atoms with Gasteiger partial charge in [-0.15, -0.1) is 11.8 Å². The van der Waals surface area contributed by atoms with Gasteiger partial charge in [0.1, 0.15) is 5.75 Å². The molecule has 3 rings (SSSR count). The molecule has 0 aliphatic carbocycles. The van der Waals surface area contributed by atoms with E-state index in [1.165, 1.54) is 0 Å². The minimum atomic E-state index is -0.575. The van der Waals surface area contributed by atoms with Crippen molar-refractivity contribution in [2.75, 3.05) is 30.9 Å². The van der Waals surface area contributed by atoms with E-state index in [-0.39, 0.29) is 31.3 Å². The van der Waals surface area contributed by atoms with Gasteiger partial charge in [0.25, 0.3) is 0 Å². The van der Waals surface area contributed by atoms with E-state index in [1.54, 1.807) is 40.9 Å². The van der Waals surface area contributed by atoms with Crippen LogP contribution in [0.25, 0.3) is 0 Å². The number of thioether (sulfide) groups is 1. The van der Waals surface area contributed by atoms with E-state index >= 15 is 0 Å². The van der Waals surface area contributed by atoms with E-state index in [1.807, 2.05) is 37.4 Å². The van der Waals surface area contributed by atoms with Crippen molar-refractivity contribution < 1.29 is 23.9 Å². The standard InChI is InChI=1S/C22H23NO5S/c1-3-27-18-9-7-15(8-10-18)20(24)14-28-22(26)16-11-21(25)23(13-16)17-5-4-6-19(12-17)29-2/h4-10,12,16H,3,11,13-14H2,1-2H3/t16-/m0/s1. The molecule has 29 heavy (non-hydrogen) atoms. The molecule has 0 spiro atoms. The highest BCUT2D eigenvalue weighted by Gasteiger charge is 2.36. The van der Waals surface area contributed by atoms with Crippen LogP contribution >= 0.6 is 11.8 Å². The number of hydrogen-bond acceptors (Lipinski definition) is 6. The van der Waals surface area contributed by atoms with Crippen LogP contribution in [-0.2, 0) is 14.3 Å². The molecule has 0 unspecified atom stereocenters. The minimum absolute atomic E-state index is 0.0829. The quantitative estimate of drug-likeness (QED) is 0.374. The van der Waals surface area contributed by atoms with Crippen LogP contribution in [0.15, 0.2) is 53.4 Å². The Hall–Kier alpha value is -2.80. The fraction of sp³-hybridized carbons (Fsp3) is 0.318. The number of amides is 1. The predicted octanol–water partition coefficient (Wildman–Crippen LogP) is 3.59. The number of ether oxygens (including phenoxy) is 2. The number of ketones is 1. The summed E-state index contributed by atoms with van der Waals surface area (Å²) in [6, 6.07) is 14.3. The van der Waals surface area contributed by atoms with Gasteiger partial charge in [0.2, 0.25) is 5.91 Å². The van der Waals surface area contributed by atoms with Crippen molar-refractivity contribution in [2.24, 2.45) is 5.92 Å². The number of carbonyl (C=O) groups excluding carboxylic acids is 3. The Labute approximate surface area is 174 Å². The van der Waals surface area contributed by atoms with Crippen LogP contribution in [0.2, 0.25) is 0 Å². The molecule has 7 heteroatoms. The first kappa shape index (κ1) is 20.9. The molecule has 0 saturated carbocycles. The van der Waals surface area contributed by atoms with E-state index < -0.39 is 11.9 Å². The third-order valence-corrected chi connectivity index (χ3v) is 5.38. The second kappa shape index (κ2) is 9.60. The zero-order chi connectivity index (χ0) is 20.8. The van der Waals surface area contributed by atoms with Gasteiger partial charge in [-0.1, -0.05) is 6.07 Å². The Morgan fingerprint density at radius 2 is 1.93 bits per heavy atom. The maximum atomic E-state index is 12.4. The molecule has 152 valence electrons. The third-order valence-electron chi connectivity index (χ3n) is 4.66. The zero-order valence-electron chi connectivity index (χ0n) is 16.4. The molecule has 6 nitrogen and oxygen atoms in total. The molecule has 1 saturated heterocycles. The van der Waals surface area contributed by atoms with Gasteiger partial charge in [0.05, 0.1) is 12.5 Å². The number of carbonyl (C=O) groups is 3. The molecule has 1 heterocycles. The highest BCUT2D eigenvalue weighted by atomic mass is 32.2. The molecule has 0 aromatic heterocycles. The van der Waals surface area contributed by atoms with Gasteiger partial charge in [0.15, 0.2) is 12.4 Å². The molecule has 0 radical (unpaired) electrons. The van der Waals surface area contributed by atoms with Gasteiger partial charge in [-0.3, -0.25) is 14.4 Å². The van der Waals surface area contributed by atoms with Gasteiger partial charge >= 0.3 is 5.97 Å². The summed E-state index contributed by atoms with van der Waals surface area (Å²) < 4.78 is 10.5.